The number of amides is 1. The number of carbonyl (C=O) groups is 1. The second-order valence-corrected chi connectivity index (χ2v) is 8.70. The summed E-state index contributed by atoms with van der Waals surface area (Å²) >= 11 is 1.57. The van der Waals surface area contributed by atoms with Gasteiger partial charge in [-0.3, -0.25) is 4.79 Å². The molecular formula is C26H25FN4O2S. The molecule has 1 amide bonds. The van der Waals surface area contributed by atoms with Crippen molar-refractivity contribution in [3.05, 3.63) is 107 Å². The number of hydrogen-bond acceptors (Lipinski definition) is 5. The van der Waals surface area contributed by atoms with E-state index in [2.05, 4.69) is 15.5 Å². The molecule has 0 spiro atoms. The molecule has 0 radical (unpaired) electrons. The number of hydrogen-bond donors (Lipinski definition) is 1. The third-order valence-corrected chi connectivity index (χ3v) is 6.49. The number of aromatic nitrogens is 3. The topological polar surface area (TPSA) is 69.0 Å². The van der Waals surface area contributed by atoms with Crippen LogP contribution in [0.5, 0.6) is 5.75 Å². The lowest BCUT2D eigenvalue weighted by atomic mass is 10.0. The Bertz CT molecular complexity index is 1230. The molecule has 1 heterocycles. The first kappa shape index (κ1) is 23.5. The molecule has 0 saturated heterocycles. The minimum absolute atomic E-state index is 0.295. The highest BCUT2D eigenvalue weighted by molar-refractivity contribution is 7.98. The third kappa shape index (κ3) is 5.82. The van der Waals surface area contributed by atoms with Crippen molar-refractivity contribution in [2.24, 2.45) is 7.05 Å². The van der Waals surface area contributed by atoms with Crippen molar-refractivity contribution in [3.63, 3.8) is 0 Å². The monoisotopic (exact) mass is 476 g/mol. The van der Waals surface area contributed by atoms with E-state index in [0.717, 1.165) is 27.8 Å². The van der Waals surface area contributed by atoms with Gasteiger partial charge >= 0.3 is 0 Å². The van der Waals surface area contributed by atoms with Gasteiger partial charge in [0.25, 0.3) is 5.91 Å². The van der Waals surface area contributed by atoms with Gasteiger partial charge in [-0.05, 0) is 53.9 Å². The number of thioether (sulfide) groups is 1. The molecule has 1 aromatic heterocycles. The van der Waals surface area contributed by atoms with Crippen LogP contribution in [-0.2, 0) is 19.2 Å². The minimum atomic E-state index is -0.409. The number of nitrogens with zero attached hydrogens (tertiary/aromatic N) is 3. The Hall–Kier alpha value is -3.65. The van der Waals surface area contributed by atoms with E-state index in [-0.39, 0.29) is 11.7 Å². The predicted octanol–water partition coefficient (Wildman–Crippen LogP) is 4.97. The number of halogens is 1. The SMILES string of the molecule is COc1ccc(CSc2nnc(C(Cc3ccccc3)NC(=O)c3ccc(F)cc3)n2C)cc1. The minimum Gasteiger partial charge on any atom is -0.497 e. The summed E-state index contributed by atoms with van der Waals surface area (Å²) in [7, 11) is 3.54. The largest absolute Gasteiger partial charge is 0.497 e. The first-order chi connectivity index (χ1) is 16.5. The molecule has 4 aromatic rings. The summed E-state index contributed by atoms with van der Waals surface area (Å²) in [5.41, 5.74) is 2.58. The zero-order valence-electron chi connectivity index (χ0n) is 18.9. The Kier molecular flexibility index (Phi) is 7.59. The Labute approximate surface area is 202 Å². The van der Waals surface area contributed by atoms with Gasteiger partial charge in [-0.2, -0.15) is 0 Å². The van der Waals surface area contributed by atoms with Crippen molar-refractivity contribution in [1.29, 1.82) is 0 Å². The Morgan fingerprint density at radius 3 is 2.38 bits per heavy atom. The van der Waals surface area contributed by atoms with Crippen LogP contribution in [0, 0.1) is 5.82 Å². The molecule has 174 valence electrons. The number of benzene rings is 3. The Balaban J connectivity index is 1.53. The smallest absolute Gasteiger partial charge is 0.251 e. The van der Waals surface area contributed by atoms with E-state index >= 15 is 0 Å². The normalized spacial score (nSPS) is 11.7. The van der Waals surface area contributed by atoms with E-state index in [0.29, 0.717) is 17.8 Å². The van der Waals surface area contributed by atoms with Gasteiger partial charge in [0.2, 0.25) is 0 Å². The second-order valence-electron chi connectivity index (χ2n) is 7.76. The van der Waals surface area contributed by atoms with Crippen LogP contribution in [0.15, 0.2) is 84.0 Å². The standard InChI is InChI=1S/C26H25FN4O2S/c1-31-24(29-30-26(31)34-17-19-8-14-22(33-2)15-9-19)23(16-18-6-4-3-5-7-18)28-25(32)20-10-12-21(27)13-11-20/h3-15,23H,16-17H2,1-2H3,(H,28,32). The van der Waals surface area contributed by atoms with E-state index in [1.807, 2.05) is 66.2 Å². The first-order valence-corrected chi connectivity index (χ1v) is 11.8. The quantitative estimate of drug-likeness (QED) is 0.346. The van der Waals surface area contributed by atoms with Gasteiger partial charge < -0.3 is 14.6 Å². The lowest BCUT2D eigenvalue weighted by Crippen LogP contribution is -2.31. The average molecular weight is 477 g/mol. The zero-order chi connectivity index (χ0) is 23.9. The van der Waals surface area contributed by atoms with Crippen LogP contribution in [0.25, 0.3) is 0 Å². The maximum absolute atomic E-state index is 13.3. The van der Waals surface area contributed by atoms with Gasteiger partial charge in [0, 0.05) is 18.4 Å². The van der Waals surface area contributed by atoms with Crippen LogP contribution in [0.2, 0.25) is 0 Å². The summed E-state index contributed by atoms with van der Waals surface area (Å²) in [5.74, 6) is 1.51. The van der Waals surface area contributed by atoms with E-state index in [1.54, 1.807) is 18.9 Å². The van der Waals surface area contributed by atoms with Gasteiger partial charge in [-0.25, -0.2) is 4.39 Å². The summed E-state index contributed by atoms with van der Waals surface area (Å²) in [6.45, 7) is 0. The molecule has 1 unspecified atom stereocenters. The van der Waals surface area contributed by atoms with E-state index in [4.69, 9.17) is 4.74 Å². The Morgan fingerprint density at radius 2 is 1.71 bits per heavy atom. The summed E-state index contributed by atoms with van der Waals surface area (Å²) in [6.07, 6.45) is 0.545. The number of carbonyl (C=O) groups excluding carboxylic acids is 1. The van der Waals surface area contributed by atoms with Crippen LogP contribution in [-0.4, -0.2) is 27.8 Å². The first-order valence-electron chi connectivity index (χ1n) is 10.8. The highest BCUT2D eigenvalue weighted by Crippen LogP contribution is 2.25. The van der Waals surface area contributed by atoms with E-state index < -0.39 is 6.04 Å². The molecule has 0 aliphatic rings. The maximum Gasteiger partial charge on any atom is 0.251 e. The van der Waals surface area contributed by atoms with E-state index in [9.17, 15) is 9.18 Å². The number of ether oxygens (including phenoxy) is 1. The lowest BCUT2D eigenvalue weighted by molar-refractivity contribution is 0.0934. The molecule has 0 fully saturated rings. The lowest BCUT2D eigenvalue weighted by Gasteiger charge is -2.19. The second kappa shape index (κ2) is 11.0. The zero-order valence-corrected chi connectivity index (χ0v) is 19.8. The summed E-state index contributed by atoms with van der Waals surface area (Å²) in [4.78, 5) is 12.9. The van der Waals surface area contributed by atoms with Crippen molar-refractivity contribution in [2.45, 2.75) is 23.4 Å². The third-order valence-electron chi connectivity index (χ3n) is 5.40. The van der Waals surface area contributed by atoms with Crippen molar-refractivity contribution >= 4 is 17.7 Å². The predicted molar refractivity (Wildman–Crippen MR) is 130 cm³/mol. The van der Waals surface area contributed by atoms with Crippen molar-refractivity contribution < 1.29 is 13.9 Å². The summed E-state index contributed by atoms with van der Waals surface area (Å²) < 4.78 is 20.4. The molecule has 6 nitrogen and oxygen atoms in total. The fraction of sp³-hybridized carbons (Fsp3) is 0.192. The molecule has 0 saturated carbocycles. The van der Waals surface area contributed by atoms with Gasteiger partial charge in [-0.1, -0.05) is 54.2 Å². The number of nitrogens with one attached hydrogen (secondary N) is 1. The maximum atomic E-state index is 13.3. The van der Waals surface area contributed by atoms with Crippen molar-refractivity contribution in [3.8, 4) is 5.75 Å². The van der Waals surface area contributed by atoms with E-state index in [1.165, 1.54) is 24.3 Å². The fourth-order valence-corrected chi connectivity index (χ4v) is 4.40. The molecule has 4 rings (SSSR count). The Morgan fingerprint density at radius 1 is 1.00 bits per heavy atom. The van der Waals surface area contributed by atoms with Crippen LogP contribution in [0.1, 0.15) is 33.4 Å². The number of methoxy groups -OCH3 is 1. The van der Waals surface area contributed by atoms with Gasteiger partial charge in [0.15, 0.2) is 11.0 Å². The summed E-state index contributed by atoms with van der Waals surface area (Å²) in [6, 6.07) is 22.9. The van der Waals surface area contributed by atoms with Crippen LogP contribution >= 0.6 is 11.8 Å². The fourth-order valence-electron chi connectivity index (χ4n) is 3.52. The molecule has 1 N–H and O–H groups in total. The van der Waals surface area contributed by atoms with Crippen molar-refractivity contribution in [1.82, 2.24) is 20.1 Å². The van der Waals surface area contributed by atoms with Gasteiger partial charge in [0.1, 0.15) is 11.6 Å². The molecule has 8 heteroatoms. The van der Waals surface area contributed by atoms with Crippen molar-refractivity contribution in [2.75, 3.05) is 7.11 Å². The molecule has 0 bridgehead atoms. The van der Waals surface area contributed by atoms with Gasteiger partial charge in [-0.15, -0.1) is 10.2 Å². The highest BCUT2D eigenvalue weighted by Gasteiger charge is 2.23. The molecule has 34 heavy (non-hydrogen) atoms. The molecule has 0 aliphatic carbocycles. The highest BCUT2D eigenvalue weighted by atomic mass is 32.2. The number of rotatable bonds is 9. The summed E-state index contributed by atoms with van der Waals surface area (Å²) in [5, 5.41) is 12.6. The van der Waals surface area contributed by atoms with Crippen LogP contribution < -0.4 is 10.1 Å². The molecular weight excluding hydrogens is 451 g/mol. The average Bonchev–Trinajstić information content (AvgIpc) is 3.23. The molecule has 3 aromatic carbocycles. The van der Waals surface area contributed by atoms with Gasteiger partial charge in [0.05, 0.1) is 13.2 Å². The molecule has 0 aliphatic heterocycles. The molecule has 1 atom stereocenters. The van der Waals surface area contributed by atoms with Crippen LogP contribution in [0.3, 0.4) is 0 Å². The van der Waals surface area contributed by atoms with Crippen LogP contribution in [0.4, 0.5) is 4.39 Å².